The van der Waals surface area contributed by atoms with Gasteiger partial charge in [-0.2, -0.15) is 45.5 Å². The largest absolute Gasteiger partial charge is 4.00 e. The Balaban J connectivity index is -0.000000270. The molecule has 0 aliphatic heterocycles. The van der Waals surface area contributed by atoms with Gasteiger partial charge in [0.1, 0.15) is 0 Å². The smallest absolute Gasteiger partial charge is 1.00 e. The Morgan fingerprint density at radius 1 is 0.714 bits per heavy atom. The monoisotopic (exact) mass is 402 g/mol. The van der Waals surface area contributed by atoms with Gasteiger partial charge in [-0.1, -0.05) is 54.4 Å². The van der Waals surface area contributed by atoms with Crippen LogP contribution >= 0.6 is 0 Å². The van der Waals surface area contributed by atoms with Crippen molar-refractivity contribution in [1.82, 2.24) is 0 Å². The third-order valence-corrected chi connectivity index (χ3v) is 3.98. The first-order chi connectivity index (χ1) is 8.51. The maximum Gasteiger partial charge on any atom is 4.00 e. The molecule has 0 bridgehead atoms. The maximum atomic E-state index is 2.21. The van der Waals surface area contributed by atoms with Crippen molar-refractivity contribution < 1.29 is 51.0 Å². The van der Waals surface area contributed by atoms with E-state index < -0.39 is 0 Å². The average molecular weight is 405 g/mol. The van der Waals surface area contributed by atoms with Crippen LogP contribution in [0.4, 0.5) is 0 Å². The Morgan fingerprint density at radius 3 is 1.10 bits per heavy atom. The maximum absolute atomic E-state index is 2.21. The van der Waals surface area contributed by atoms with E-state index in [1.807, 2.05) is 0 Å². The van der Waals surface area contributed by atoms with Gasteiger partial charge in [0.15, 0.2) is 0 Å². The van der Waals surface area contributed by atoms with Gasteiger partial charge >= 0.3 is 26.2 Å². The fourth-order valence-corrected chi connectivity index (χ4v) is 2.22. The van der Waals surface area contributed by atoms with E-state index in [2.05, 4.69) is 65.8 Å². The second kappa shape index (κ2) is 12.7. The van der Waals surface area contributed by atoms with E-state index in [0.717, 1.165) is 0 Å². The average Bonchev–Trinajstić information content (AvgIpc) is 2.86. The second-order valence-corrected chi connectivity index (χ2v) is 5.04. The van der Waals surface area contributed by atoms with Crippen LogP contribution in [0.15, 0.2) is 24.3 Å². The Bertz CT molecular complexity index is 449. The fourth-order valence-electron chi connectivity index (χ4n) is 2.22. The Morgan fingerprint density at radius 2 is 1.00 bits per heavy atom. The quantitative estimate of drug-likeness (QED) is 0.574. The van der Waals surface area contributed by atoms with E-state index in [-0.39, 0.29) is 51.0 Å². The number of aryl methyl sites for hydroxylation is 4. The summed E-state index contributed by atoms with van der Waals surface area (Å²) in [6, 6.07) is 8.80. The zero-order valence-electron chi connectivity index (χ0n) is 14.0. The first-order valence-electron chi connectivity index (χ1n) is 6.94. The molecule has 21 heavy (non-hydrogen) atoms. The molecule has 0 nitrogen and oxygen atoms in total. The van der Waals surface area contributed by atoms with Crippen LogP contribution in [0.5, 0.6) is 0 Å². The summed E-state index contributed by atoms with van der Waals surface area (Å²) in [6.45, 7) is 13.1. The first-order valence-corrected chi connectivity index (χ1v) is 6.94. The molecule has 0 fully saturated rings. The predicted octanol–water partition coefficient (Wildman–Crippen LogP) is -0.825. The third kappa shape index (κ3) is 7.31. The molecule has 0 unspecified atom stereocenters. The van der Waals surface area contributed by atoms with Gasteiger partial charge in [0.05, 0.1) is 0 Å². The Kier molecular flexibility index (Phi) is 15.7. The molecule has 116 valence electrons. The minimum absolute atomic E-state index is 0. The molecule has 0 aliphatic carbocycles. The number of hydrogen-bond donors (Lipinski definition) is 0. The SMILES string of the molecule is CC[c-]1ccc(C)c1C.CC[c-]1ccc(C)c1C.[Cl-].[Cl-].[Zr+4]. The molecule has 0 N–H and O–H groups in total. The summed E-state index contributed by atoms with van der Waals surface area (Å²) >= 11 is 0. The molecule has 0 aliphatic rings. The number of rotatable bonds is 2. The molecule has 2 rings (SSSR count). The topological polar surface area (TPSA) is 0 Å². The summed E-state index contributed by atoms with van der Waals surface area (Å²) in [6.07, 6.45) is 2.33. The van der Waals surface area contributed by atoms with Crippen LogP contribution in [0.2, 0.25) is 0 Å². The van der Waals surface area contributed by atoms with Crippen LogP contribution < -0.4 is 24.8 Å². The number of hydrogen-bond acceptors (Lipinski definition) is 0. The van der Waals surface area contributed by atoms with Crippen molar-refractivity contribution in [2.24, 2.45) is 0 Å². The van der Waals surface area contributed by atoms with E-state index in [0.29, 0.717) is 0 Å². The molecule has 0 heterocycles. The molecule has 0 radical (unpaired) electrons. The molecule has 0 aromatic heterocycles. The number of halogens is 2. The van der Waals surface area contributed by atoms with Crippen molar-refractivity contribution in [3.8, 4) is 0 Å². The van der Waals surface area contributed by atoms with Gasteiger partial charge in [-0.25, -0.2) is 12.1 Å². The van der Waals surface area contributed by atoms with Crippen molar-refractivity contribution in [2.75, 3.05) is 0 Å². The normalized spacial score (nSPS) is 8.67. The standard InChI is InChI=1S/2C9H13.2ClH.Zr/c2*1-4-9-6-5-7(2)8(9)3;;;/h2*5-6H,4H2,1-3H3;2*1H;/q2*-1;;;+4/p-2. The van der Waals surface area contributed by atoms with Gasteiger partial charge < -0.3 is 24.8 Å². The summed E-state index contributed by atoms with van der Waals surface area (Å²) in [5.74, 6) is 0. The van der Waals surface area contributed by atoms with Crippen LogP contribution in [0, 0.1) is 27.7 Å². The molecule has 0 atom stereocenters. The molecular weight excluding hydrogens is 378 g/mol. The van der Waals surface area contributed by atoms with E-state index >= 15 is 0 Å². The zero-order valence-corrected chi connectivity index (χ0v) is 17.9. The van der Waals surface area contributed by atoms with Crippen molar-refractivity contribution in [3.63, 3.8) is 0 Å². The summed E-state index contributed by atoms with van der Waals surface area (Å²) in [7, 11) is 0. The van der Waals surface area contributed by atoms with E-state index in [9.17, 15) is 0 Å². The summed E-state index contributed by atoms with van der Waals surface area (Å²) in [4.78, 5) is 0. The van der Waals surface area contributed by atoms with E-state index in [1.165, 1.54) is 46.2 Å². The summed E-state index contributed by atoms with van der Waals surface area (Å²) in [5.41, 5.74) is 8.77. The molecule has 2 aromatic rings. The third-order valence-electron chi connectivity index (χ3n) is 3.98. The summed E-state index contributed by atoms with van der Waals surface area (Å²) < 4.78 is 0. The molecule has 0 saturated heterocycles. The van der Waals surface area contributed by atoms with Crippen molar-refractivity contribution >= 4 is 0 Å². The van der Waals surface area contributed by atoms with Gasteiger partial charge in [0.2, 0.25) is 0 Å². The van der Waals surface area contributed by atoms with Crippen LogP contribution in [0.25, 0.3) is 0 Å². The van der Waals surface area contributed by atoms with Crippen LogP contribution in [-0.2, 0) is 39.0 Å². The van der Waals surface area contributed by atoms with Crippen molar-refractivity contribution in [1.29, 1.82) is 0 Å². The van der Waals surface area contributed by atoms with Crippen LogP contribution in [-0.4, -0.2) is 0 Å². The minimum Gasteiger partial charge on any atom is -1.00 e. The predicted molar refractivity (Wildman–Crippen MR) is 81.8 cm³/mol. The van der Waals surface area contributed by atoms with Crippen molar-refractivity contribution in [3.05, 3.63) is 57.6 Å². The minimum atomic E-state index is 0. The van der Waals surface area contributed by atoms with Gasteiger partial charge in [-0.3, -0.25) is 0 Å². The van der Waals surface area contributed by atoms with Gasteiger partial charge in [-0.15, -0.1) is 0 Å². The van der Waals surface area contributed by atoms with Gasteiger partial charge in [-0.05, 0) is 0 Å². The van der Waals surface area contributed by atoms with Crippen LogP contribution in [0.3, 0.4) is 0 Å². The van der Waals surface area contributed by atoms with Gasteiger partial charge in [0, 0.05) is 0 Å². The van der Waals surface area contributed by atoms with Crippen molar-refractivity contribution in [2.45, 2.75) is 54.4 Å². The second-order valence-electron chi connectivity index (χ2n) is 5.04. The Hall–Kier alpha value is 0.163. The Labute approximate surface area is 162 Å². The van der Waals surface area contributed by atoms with Gasteiger partial charge in [0.25, 0.3) is 0 Å². The van der Waals surface area contributed by atoms with E-state index in [1.54, 1.807) is 0 Å². The molecule has 2 aromatic carbocycles. The molecule has 0 saturated carbocycles. The fraction of sp³-hybridized carbons (Fsp3) is 0.444. The molecular formula is C18H26Cl2Zr. The molecule has 3 heteroatoms. The first kappa shape index (κ1) is 26.1. The molecule has 0 amide bonds. The zero-order chi connectivity index (χ0) is 13.7. The van der Waals surface area contributed by atoms with E-state index in [4.69, 9.17) is 0 Å². The van der Waals surface area contributed by atoms with Crippen LogP contribution in [0.1, 0.15) is 47.2 Å². The summed E-state index contributed by atoms with van der Waals surface area (Å²) in [5, 5.41) is 0. The molecule has 0 spiro atoms.